The van der Waals surface area contributed by atoms with E-state index in [-0.39, 0.29) is 0 Å². The van der Waals surface area contributed by atoms with Crippen molar-refractivity contribution in [1.29, 1.82) is 0 Å². The lowest BCUT2D eigenvalue weighted by Crippen LogP contribution is -2.31. The summed E-state index contributed by atoms with van der Waals surface area (Å²) in [5, 5.41) is 16.8. The predicted octanol–water partition coefficient (Wildman–Crippen LogP) is 6.71. The molecule has 3 aromatic rings. The van der Waals surface area contributed by atoms with Crippen LogP contribution < -0.4 is 22.6 Å². The minimum atomic E-state index is -0.803. The molecule has 0 saturated carbocycles. The van der Waals surface area contributed by atoms with Gasteiger partial charge < -0.3 is 27.7 Å². The van der Waals surface area contributed by atoms with Gasteiger partial charge in [0.1, 0.15) is 11.9 Å². The minimum Gasteiger partial charge on any atom is -0.396 e. The quantitative estimate of drug-likeness (QED) is 0.0887. The summed E-state index contributed by atoms with van der Waals surface area (Å²) in [6.45, 7) is 16.2. The lowest BCUT2D eigenvalue weighted by atomic mass is 9.94. The van der Waals surface area contributed by atoms with Crippen molar-refractivity contribution in [2.45, 2.75) is 66.9 Å². The minimum absolute atomic E-state index is 0.359. The number of aryl methyl sites for hydroxylation is 2. The highest BCUT2D eigenvalue weighted by Gasteiger charge is 2.14. The van der Waals surface area contributed by atoms with Crippen LogP contribution >= 0.6 is 0 Å². The zero-order valence-electron chi connectivity index (χ0n) is 26.4. The van der Waals surface area contributed by atoms with Gasteiger partial charge in [-0.2, -0.15) is 5.10 Å². The van der Waals surface area contributed by atoms with Gasteiger partial charge >= 0.3 is 0 Å². The van der Waals surface area contributed by atoms with E-state index in [1.807, 2.05) is 68.4 Å². The molecular weight excluding hydrogens is 520 g/mol. The van der Waals surface area contributed by atoms with Crippen LogP contribution in [-0.4, -0.2) is 23.8 Å². The summed E-state index contributed by atoms with van der Waals surface area (Å²) < 4.78 is 0. The van der Waals surface area contributed by atoms with Crippen molar-refractivity contribution in [3.05, 3.63) is 119 Å². The van der Waals surface area contributed by atoms with Gasteiger partial charge in [0.15, 0.2) is 5.84 Å². The van der Waals surface area contributed by atoms with Crippen molar-refractivity contribution in [3.8, 4) is 11.1 Å². The smallest absolute Gasteiger partial charge is 0.150 e. The number of hydrazone groups is 1. The lowest BCUT2D eigenvalue weighted by Gasteiger charge is -2.18. The zero-order valence-corrected chi connectivity index (χ0v) is 26.4. The number of nitrogens with two attached hydrogens (primary N) is 3. The Balaban J connectivity index is 0.000000385. The van der Waals surface area contributed by atoms with Crippen molar-refractivity contribution in [2.75, 3.05) is 7.05 Å². The molecule has 3 aromatic carbocycles. The highest BCUT2D eigenvalue weighted by Crippen LogP contribution is 2.26. The Morgan fingerprint density at radius 2 is 1.55 bits per heavy atom. The first-order chi connectivity index (χ1) is 20.1. The van der Waals surface area contributed by atoms with Crippen LogP contribution in [0.4, 0.5) is 0 Å². The molecule has 0 heterocycles. The lowest BCUT2D eigenvalue weighted by molar-refractivity contribution is 0.211. The second kappa shape index (κ2) is 18.9. The molecule has 0 amide bonds. The second-order valence-electron chi connectivity index (χ2n) is 10.1. The molecule has 0 aliphatic carbocycles. The maximum absolute atomic E-state index is 10.2. The van der Waals surface area contributed by atoms with E-state index in [0.717, 1.165) is 40.7 Å². The van der Waals surface area contributed by atoms with Crippen LogP contribution in [-0.2, 0) is 6.42 Å². The number of allylic oxidation sites excluding steroid dienone is 1. The van der Waals surface area contributed by atoms with E-state index in [4.69, 9.17) is 17.3 Å². The summed E-state index contributed by atoms with van der Waals surface area (Å²) >= 11 is 0. The van der Waals surface area contributed by atoms with Gasteiger partial charge in [-0.1, -0.05) is 113 Å². The summed E-state index contributed by atoms with van der Waals surface area (Å²) in [6, 6.07) is 23.8. The normalized spacial score (nSPS) is 11.7. The van der Waals surface area contributed by atoms with Crippen LogP contribution in [0.1, 0.15) is 75.8 Å². The Kier molecular flexibility index (Phi) is 16.0. The molecule has 0 aromatic heterocycles. The van der Waals surface area contributed by atoms with E-state index >= 15 is 0 Å². The molecule has 42 heavy (non-hydrogen) atoms. The molecule has 0 aliphatic heterocycles. The Labute approximate surface area is 253 Å². The Hall–Kier alpha value is -4.36. The zero-order chi connectivity index (χ0) is 31.7. The molecule has 0 saturated heterocycles. The van der Waals surface area contributed by atoms with E-state index in [1.54, 1.807) is 7.05 Å². The molecule has 8 N–H and O–H groups in total. The number of aliphatic hydroxyl groups is 1. The summed E-state index contributed by atoms with van der Waals surface area (Å²) in [4.78, 5) is 4.08. The number of nitrogens with zero attached hydrogens (tertiary/aromatic N) is 2. The van der Waals surface area contributed by atoms with Crippen LogP contribution in [0.3, 0.4) is 0 Å². The number of aliphatic imine (C=N–C) groups is 1. The van der Waals surface area contributed by atoms with Crippen LogP contribution in [0.25, 0.3) is 11.1 Å². The van der Waals surface area contributed by atoms with Gasteiger partial charge in [0.2, 0.25) is 0 Å². The molecule has 7 nitrogen and oxygen atoms in total. The fourth-order valence-corrected chi connectivity index (χ4v) is 3.94. The number of hydrogen-bond acceptors (Lipinski definition) is 5. The Morgan fingerprint density at radius 3 is 2.10 bits per heavy atom. The van der Waals surface area contributed by atoms with Gasteiger partial charge in [-0.3, -0.25) is 4.99 Å². The van der Waals surface area contributed by atoms with Crippen LogP contribution in [0.2, 0.25) is 0 Å². The first-order valence-corrected chi connectivity index (χ1v) is 14.4. The van der Waals surface area contributed by atoms with Crippen molar-refractivity contribution in [1.82, 2.24) is 5.32 Å². The molecule has 1 unspecified atom stereocenters. The summed E-state index contributed by atoms with van der Waals surface area (Å²) in [5.41, 5.74) is 20.3. The van der Waals surface area contributed by atoms with Crippen LogP contribution in [0, 0.1) is 6.92 Å². The molecule has 0 fully saturated rings. The molecule has 0 bridgehead atoms. The van der Waals surface area contributed by atoms with Gasteiger partial charge in [0.25, 0.3) is 0 Å². The third-order valence-electron chi connectivity index (χ3n) is 6.26. The highest BCUT2D eigenvalue weighted by molar-refractivity contribution is 6.03. The van der Waals surface area contributed by atoms with Gasteiger partial charge in [-0.15, -0.1) is 0 Å². The fourth-order valence-electron chi connectivity index (χ4n) is 3.94. The molecule has 226 valence electrons. The Morgan fingerprint density at radius 1 is 0.952 bits per heavy atom. The molecule has 0 aliphatic rings. The topological polar surface area (TPSA) is 135 Å². The number of benzene rings is 3. The number of amidine groups is 2. The largest absolute Gasteiger partial charge is 0.396 e. The summed E-state index contributed by atoms with van der Waals surface area (Å²) in [7, 11) is 1.64. The molecular formula is C35H50N6O. The van der Waals surface area contributed by atoms with Gasteiger partial charge in [0.05, 0.1) is 5.70 Å². The average molecular weight is 571 g/mol. The second-order valence-corrected chi connectivity index (χ2v) is 10.1. The van der Waals surface area contributed by atoms with Gasteiger partial charge in [-0.05, 0) is 60.6 Å². The third-order valence-corrected chi connectivity index (χ3v) is 6.26. The summed E-state index contributed by atoms with van der Waals surface area (Å²) in [6.07, 6.45) is 2.67. The number of nitrogens with one attached hydrogen (secondary N) is 1. The standard InChI is InChI=1S/C17H21N3.C15H21N3O.C3H8/c1-3-6-13-11-14(10-9-12(13)2)15-7-4-5-8-16(15)17(18)20-19;1-10(2)13(16)15(17-4)18-11(3)14(19)12-8-6-5-7-9-12;1-3-2/h4-5,7-11H,3,6,19H2,1-2H3,(H2,18,20);5-9,14,19H,3,16H2,1-2,4H3,(H,17,18);3H2,1-2H3. The van der Waals surface area contributed by atoms with E-state index < -0.39 is 6.10 Å². The first-order valence-electron chi connectivity index (χ1n) is 14.4. The van der Waals surface area contributed by atoms with Crippen molar-refractivity contribution in [3.63, 3.8) is 0 Å². The molecule has 7 heteroatoms. The van der Waals surface area contributed by atoms with Gasteiger partial charge in [0, 0.05) is 18.3 Å². The highest BCUT2D eigenvalue weighted by atomic mass is 16.3. The molecule has 0 radical (unpaired) electrons. The van der Waals surface area contributed by atoms with Crippen molar-refractivity contribution < 1.29 is 5.11 Å². The molecule has 1 atom stereocenters. The first kappa shape index (κ1) is 35.7. The van der Waals surface area contributed by atoms with Gasteiger partial charge in [-0.25, -0.2) is 0 Å². The number of hydrogen-bond donors (Lipinski definition) is 5. The average Bonchev–Trinajstić information content (AvgIpc) is 3.01. The van der Waals surface area contributed by atoms with Crippen molar-refractivity contribution in [2.24, 2.45) is 27.4 Å². The predicted molar refractivity (Wildman–Crippen MR) is 181 cm³/mol. The monoisotopic (exact) mass is 570 g/mol. The summed E-state index contributed by atoms with van der Waals surface area (Å²) in [5.74, 6) is 6.19. The van der Waals surface area contributed by atoms with E-state index in [9.17, 15) is 5.11 Å². The van der Waals surface area contributed by atoms with E-state index in [0.29, 0.717) is 23.1 Å². The fraction of sp³-hybridized carbons (Fsp3) is 0.314. The Bertz CT molecular complexity index is 1350. The maximum Gasteiger partial charge on any atom is 0.150 e. The molecule has 0 spiro atoms. The van der Waals surface area contributed by atoms with E-state index in [2.05, 4.69) is 67.9 Å². The van der Waals surface area contributed by atoms with Crippen LogP contribution in [0.5, 0.6) is 0 Å². The number of aliphatic hydroxyl groups excluding tert-OH is 1. The van der Waals surface area contributed by atoms with Crippen molar-refractivity contribution >= 4 is 11.7 Å². The maximum atomic E-state index is 10.2. The SMILES string of the molecule is C=C(NC(=NC)C(N)=C(C)C)C(O)c1ccccc1.CCC.CCCc1cc(-c2ccccc2/C(N)=N/N)ccc1C. The number of rotatable bonds is 8. The van der Waals surface area contributed by atoms with E-state index in [1.165, 1.54) is 17.5 Å². The van der Waals surface area contributed by atoms with Crippen LogP contribution in [0.15, 0.2) is 106 Å². The third kappa shape index (κ3) is 10.9. The molecule has 3 rings (SSSR count).